The highest BCUT2D eigenvalue weighted by Crippen LogP contribution is 2.19. The van der Waals surface area contributed by atoms with Crippen LogP contribution in [0.15, 0.2) is 30.3 Å². The fourth-order valence-electron chi connectivity index (χ4n) is 3.25. The van der Waals surface area contributed by atoms with E-state index in [0.29, 0.717) is 0 Å². The molecule has 11 nitrogen and oxygen atoms in total. The lowest BCUT2D eigenvalue weighted by Crippen LogP contribution is -2.46. The van der Waals surface area contributed by atoms with Crippen molar-refractivity contribution in [3.63, 3.8) is 0 Å². The number of nitrogens with zero attached hydrogens (tertiary/aromatic N) is 1. The van der Waals surface area contributed by atoms with E-state index in [1.54, 1.807) is 32.9 Å². The van der Waals surface area contributed by atoms with Crippen molar-refractivity contribution in [2.45, 2.75) is 58.2 Å². The second-order valence-electron chi connectivity index (χ2n) is 8.85. The Bertz CT molecular complexity index is 854. The lowest BCUT2D eigenvalue weighted by Gasteiger charge is -2.22. The zero-order valence-electron chi connectivity index (χ0n) is 19.8. The average molecular weight is 481 g/mol. The molecule has 0 radical (unpaired) electrons. The third-order valence-electron chi connectivity index (χ3n) is 4.70. The number of carbonyl (C=O) groups excluding carboxylic acids is 3. The number of alkyl carbamates (subject to hydrolysis) is 1. The van der Waals surface area contributed by atoms with Gasteiger partial charge in [0.25, 0.3) is 0 Å². The maximum Gasteiger partial charge on any atom is 0.408 e. The van der Waals surface area contributed by atoms with Crippen LogP contribution >= 0.6 is 0 Å². The Morgan fingerprint density at radius 2 is 1.65 bits per heavy atom. The molecule has 1 aromatic rings. The van der Waals surface area contributed by atoms with E-state index >= 15 is 0 Å². The Balaban J connectivity index is 1.90. The van der Waals surface area contributed by atoms with Crippen molar-refractivity contribution in [2.24, 2.45) is 0 Å². The normalized spacial score (nSPS) is 18.8. The fourth-order valence-corrected chi connectivity index (χ4v) is 3.25. The van der Waals surface area contributed by atoms with Gasteiger partial charge in [0.1, 0.15) is 43.7 Å². The van der Waals surface area contributed by atoms with Gasteiger partial charge in [0.05, 0.1) is 0 Å². The smallest absolute Gasteiger partial charge is 0.408 e. The summed E-state index contributed by atoms with van der Waals surface area (Å²) in [4.78, 5) is 49.2. The number of hydrogen-bond acceptors (Lipinski definition) is 8. The topological polar surface area (TPSA) is 141 Å². The fraction of sp³-hybridized carbons (Fsp3) is 0.565. The van der Waals surface area contributed by atoms with Gasteiger partial charge in [0.2, 0.25) is 5.91 Å². The molecule has 0 spiro atoms. The Labute approximate surface area is 198 Å². The van der Waals surface area contributed by atoms with Crippen LogP contribution in [0.3, 0.4) is 0 Å². The van der Waals surface area contributed by atoms with Gasteiger partial charge in [0.15, 0.2) is 0 Å². The van der Waals surface area contributed by atoms with Crippen molar-refractivity contribution >= 4 is 23.9 Å². The van der Waals surface area contributed by atoms with Crippen LogP contribution in [0.4, 0.5) is 4.79 Å². The molecular formula is C23H32N2O9. The maximum absolute atomic E-state index is 12.8. The molecule has 34 heavy (non-hydrogen) atoms. The highest BCUT2D eigenvalue weighted by atomic mass is 16.6. The molecule has 1 unspecified atom stereocenters. The molecule has 0 saturated carbocycles. The molecule has 0 aliphatic carbocycles. The van der Waals surface area contributed by atoms with E-state index in [4.69, 9.17) is 24.1 Å². The largest absolute Gasteiger partial charge is 0.480 e. The van der Waals surface area contributed by atoms with E-state index in [9.17, 15) is 19.2 Å². The molecule has 1 heterocycles. The first-order chi connectivity index (χ1) is 15.9. The number of benzene rings is 1. The van der Waals surface area contributed by atoms with E-state index < -0.39 is 54.4 Å². The Kier molecular flexibility index (Phi) is 9.82. The van der Waals surface area contributed by atoms with E-state index in [0.717, 1.165) is 5.56 Å². The molecule has 3 atom stereocenters. The number of rotatable bonds is 10. The summed E-state index contributed by atoms with van der Waals surface area (Å²) in [6.45, 7) is 5.86. The molecule has 1 aliphatic heterocycles. The number of likely N-dealkylation sites (tertiary alicyclic amines) is 1. The second-order valence-corrected chi connectivity index (χ2v) is 8.85. The van der Waals surface area contributed by atoms with Crippen LogP contribution in [0.1, 0.15) is 33.3 Å². The Morgan fingerprint density at radius 1 is 1.06 bits per heavy atom. The summed E-state index contributed by atoms with van der Waals surface area (Å²) in [7, 11) is 0. The van der Waals surface area contributed by atoms with Gasteiger partial charge in [-0.2, -0.15) is 0 Å². The highest BCUT2D eigenvalue weighted by molar-refractivity contribution is 5.85. The zero-order valence-corrected chi connectivity index (χ0v) is 19.8. The summed E-state index contributed by atoms with van der Waals surface area (Å²) in [6.07, 6.45) is -2.26. The van der Waals surface area contributed by atoms with Gasteiger partial charge in [0, 0.05) is 13.1 Å². The first-order valence-corrected chi connectivity index (χ1v) is 10.9. The van der Waals surface area contributed by atoms with Crippen molar-refractivity contribution in [2.75, 3.05) is 26.3 Å². The van der Waals surface area contributed by atoms with Gasteiger partial charge in [-0.3, -0.25) is 4.79 Å². The minimum atomic E-state index is -1.17. The van der Waals surface area contributed by atoms with E-state index in [1.807, 2.05) is 18.2 Å². The molecule has 2 amide bonds. The molecule has 0 bridgehead atoms. The van der Waals surface area contributed by atoms with Crippen molar-refractivity contribution < 1.29 is 43.2 Å². The molecule has 2 N–H and O–H groups in total. The summed E-state index contributed by atoms with van der Waals surface area (Å²) >= 11 is 0. The van der Waals surface area contributed by atoms with Crippen LogP contribution in [0.25, 0.3) is 0 Å². The van der Waals surface area contributed by atoms with Crippen LogP contribution in [-0.4, -0.2) is 84.1 Å². The van der Waals surface area contributed by atoms with Crippen molar-refractivity contribution in [1.29, 1.82) is 0 Å². The number of amides is 2. The zero-order chi connectivity index (χ0) is 25.3. The van der Waals surface area contributed by atoms with Crippen LogP contribution < -0.4 is 5.32 Å². The standard InChI is InChI=1S/C23H32N2O9/c1-15(24-22(30)33-12-16-8-6-5-7-9-16)21(29)25-10-17(31-13-19(26)27)18(11-25)32-14-20(28)34-23(2,3)4/h5-9,15,17-18H,10-14H2,1-4H3,(H,24,30)(H,26,27)/t15?,17-,18+/m0/s1. The molecule has 2 rings (SSSR count). The van der Waals surface area contributed by atoms with Crippen molar-refractivity contribution in [3.8, 4) is 0 Å². The first-order valence-electron chi connectivity index (χ1n) is 10.9. The quantitative estimate of drug-likeness (QED) is 0.475. The summed E-state index contributed by atoms with van der Waals surface area (Å²) < 4.78 is 21.3. The third kappa shape index (κ3) is 9.36. The maximum atomic E-state index is 12.8. The average Bonchev–Trinajstić information content (AvgIpc) is 3.17. The third-order valence-corrected chi connectivity index (χ3v) is 4.70. The SMILES string of the molecule is CC(NC(=O)OCc1ccccc1)C(=O)N1C[C@H](OCC(=O)O)[C@H](OCC(=O)OC(C)(C)C)C1. The molecule has 1 aliphatic rings. The lowest BCUT2D eigenvalue weighted by atomic mass is 10.2. The van der Waals surface area contributed by atoms with Crippen LogP contribution in [-0.2, 0) is 39.9 Å². The molecule has 188 valence electrons. The van der Waals surface area contributed by atoms with E-state index in [1.165, 1.54) is 11.8 Å². The summed E-state index contributed by atoms with van der Waals surface area (Å²) in [5.74, 6) is -2.19. The Hall–Kier alpha value is -3.18. The van der Waals surface area contributed by atoms with Gasteiger partial charge in [-0.15, -0.1) is 0 Å². The van der Waals surface area contributed by atoms with Crippen LogP contribution in [0.2, 0.25) is 0 Å². The minimum absolute atomic E-state index is 0.0379. The van der Waals surface area contributed by atoms with Gasteiger partial charge >= 0.3 is 18.0 Å². The van der Waals surface area contributed by atoms with E-state index in [-0.39, 0.29) is 26.3 Å². The second kappa shape index (κ2) is 12.3. The number of carboxylic acid groups (broad SMARTS) is 1. The predicted octanol–water partition coefficient (Wildman–Crippen LogP) is 1.34. The Morgan fingerprint density at radius 3 is 2.21 bits per heavy atom. The lowest BCUT2D eigenvalue weighted by molar-refractivity contribution is -0.165. The number of aliphatic carboxylic acids is 1. The summed E-state index contributed by atoms with van der Waals surface area (Å²) in [6, 6.07) is 8.19. The number of hydrogen-bond donors (Lipinski definition) is 2. The van der Waals surface area contributed by atoms with Crippen LogP contribution in [0, 0.1) is 0 Å². The number of nitrogens with one attached hydrogen (secondary N) is 1. The molecule has 1 fully saturated rings. The number of esters is 1. The molecular weight excluding hydrogens is 448 g/mol. The minimum Gasteiger partial charge on any atom is -0.480 e. The van der Waals surface area contributed by atoms with Crippen molar-refractivity contribution in [3.05, 3.63) is 35.9 Å². The van der Waals surface area contributed by atoms with E-state index in [2.05, 4.69) is 5.32 Å². The number of ether oxygens (including phenoxy) is 4. The van der Waals surface area contributed by atoms with Gasteiger partial charge in [-0.1, -0.05) is 30.3 Å². The van der Waals surface area contributed by atoms with Crippen molar-refractivity contribution in [1.82, 2.24) is 10.2 Å². The number of carboxylic acids is 1. The predicted molar refractivity (Wildman–Crippen MR) is 119 cm³/mol. The molecule has 1 aromatic carbocycles. The van der Waals surface area contributed by atoms with Gasteiger partial charge in [-0.05, 0) is 33.3 Å². The van der Waals surface area contributed by atoms with Crippen LogP contribution in [0.5, 0.6) is 0 Å². The monoisotopic (exact) mass is 480 g/mol. The molecule has 1 saturated heterocycles. The first kappa shape index (κ1) is 27.1. The molecule has 0 aromatic heterocycles. The molecule has 11 heteroatoms. The summed E-state index contributed by atoms with van der Waals surface area (Å²) in [5.41, 5.74) is 0.118. The highest BCUT2D eigenvalue weighted by Gasteiger charge is 2.39. The number of carbonyl (C=O) groups is 4. The summed E-state index contributed by atoms with van der Waals surface area (Å²) in [5, 5.41) is 11.4. The van der Waals surface area contributed by atoms with Gasteiger partial charge < -0.3 is 34.3 Å². The van der Waals surface area contributed by atoms with Gasteiger partial charge in [-0.25, -0.2) is 14.4 Å².